The highest BCUT2D eigenvalue weighted by Gasteiger charge is 2.14. The monoisotopic (exact) mass is 223 g/mol. The molecule has 0 radical (unpaired) electrons. The number of aromatic nitrogens is 2. The molecule has 3 rings (SSSR count). The van der Waals surface area contributed by atoms with Crippen molar-refractivity contribution in [2.75, 3.05) is 5.32 Å². The van der Waals surface area contributed by atoms with E-state index in [9.17, 15) is 4.79 Å². The predicted molar refractivity (Wildman–Crippen MR) is 65.4 cm³/mol. The van der Waals surface area contributed by atoms with Gasteiger partial charge in [0.2, 0.25) is 0 Å². The van der Waals surface area contributed by atoms with E-state index in [-0.39, 0.29) is 5.91 Å². The van der Waals surface area contributed by atoms with Gasteiger partial charge in [-0.15, -0.1) is 0 Å². The molecule has 1 amide bonds. The molecule has 1 N–H and O–H groups in total. The summed E-state index contributed by atoms with van der Waals surface area (Å²) in [7, 11) is 0. The van der Waals surface area contributed by atoms with Gasteiger partial charge in [-0.25, -0.2) is 0 Å². The van der Waals surface area contributed by atoms with Gasteiger partial charge in [0.25, 0.3) is 5.91 Å². The third kappa shape index (κ3) is 1.69. The van der Waals surface area contributed by atoms with E-state index in [0.29, 0.717) is 16.9 Å². The van der Waals surface area contributed by atoms with Gasteiger partial charge in [0.05, 0.1) is 22.6 Å². The van der Waals surface area contributed by atoms with Gasteiger partial charge < -0.3 is 5.32 Å². The van der Waals surface area contributed by atoms with Gasteiger partial charge in [-0.05, 0) is 36.4 Å². The number of fused-ring (bicyclic) bond motifs is 2. The van der Waals surface area contributed by atoms with E-state index in [1.54, 1.807) is 36.7 Å². The molecule has 4 heteroatoms. The summed E-state index contributed by atoms with van der Waals surface area (Å²) in [6.07, 6.45) is 7.01. The molecule has 3 heterocycles. The number of carbonyl (C=O) groups excluding carboxylic acids is 1. The lowest BCUT2D eigenvalue weighted by Gasteiger charge is -2.11. The zero-order chi connectivity index (χ0) is 11.7. The van der Waals surface area contributed by atoms with E-state index in [1.807, 2.05) is 12.1 Å². The van der Waals surface area contributed by atoms with Gasteiger partial charge in [-0.2, -0.15) is 0 Å². The number of nitrogens with one attached hydrogen (secondary N) is 1. The first kappa shape index (κ1) is 9.72. The van der Waals surface area contributed by atoms with Crippen molar-refractivity contribution in [3.63, 3.8) is 0 Å². The Balaban J connectivity index is 2.19. The molecule has 0 spiro atoms. The quantitative estimate of drug-likeness (QED) is 0.745. The number of amides is 1. The zero-order valence-electron chi connectivity index (χ0n) is 8.92. The molecule has 0 fully saturated rings. The Morgan fingerprint density at radius 1 is 0.941 bits per heavy atom. The SMILES string of the molecule is O=C1Nc2cccnc2/C=C\c2ncccc21. The first-order valence-corrected chi connectivity index (χ1v) is 5.24. The van der Waals surface area contributed by atoms with Crippen LogP contribution in [0.15, 0.2) is 36.7 Å². The van der Waals surface area contributed by atoms with Crippen molar-refractivity contribution >= 4 is 23.7 Å². The average molecular weight is 223 g/mol. The zero-order valence-corrected chi connectivity index (χ0v) is 8.92. The van der Waals surface area contributed by atoms with Crippen molar-refractivity contribution in [2.45, 2.75) is 0 Å². The number of hydrogen-bond donors (Lipinski definition) is 1. The van der Waals surface area contributed by atoms with E-state index in [1.165, 1.54) is 0 Å². The summed E-state index contributed by atoms with van der Waals surface area (Å²) in [6, 6.07) is 7.12. The van der Waals surface area contributed by atoms with Crippen molar-refractivity contribution in [1.29, 1.82) is 0 Å². The van der Waals surface area contributed by atoms with Crippen LogP contribution in [-0.2, 0) is 0 Å². The van der Waals surface area contributed by atoms with E-state index in [0.717, 1.165) is 5.69 Å². The molecule has 17 heavy (non-hydrogen) atoms. The second kappa shape index (κ2) is 3.83. The van der Waals surface area contributed by atoms with Crippen LogP contribution in [-0.4, -0.2) is 15.9 Å². The maximum atomic E-state index is 12.0. The lowest BCUT2D eigenvalue weighted by molar-refractivity contribution is 0.102. The Labute approximate surface area is 98.0 Å². The summed E-state index contributed by atoms with van der Waals surface area (Å²) in [4.78, 5) is 20.4. The minimum atomic E-state index is -0.160. The first-order valence-electron chi connectivity index (χ1n) is 5.24. The maximum absolute atomic E-state index is 12.0. The average Bonchev–Trinajstić information content (AvgIpc) is 2.36. The Morgan fingerprint density at radius 2 is 1.65 bits per heavy atom. The Morgan fingerprint density at radius 3 is 2.53 bits per heavy atom. The first-order chi connectivity index (χ1) is 8.34. The second-order valence-electron chi connectivity index (χ2n) is 3.66. The van der Waals surface area contributed by atoms with Gasteiger partial charge in [-0.1, -0.05) is 0 Å². The summed E-state index contributed by atoms with van der Waals surface area (Å²) in [5, 5.41) is 2.83. The van der Waals surface area contributed by atoms with Crippen LogP contribution in [0.3, 0.4) is 0 Å². The lowest BCUT2D eigenvalue weighted by Crippen LogP contribution is -2.16. The van der Waals surface area contributed by atoms with Gasteiger partial charge in [0.15, 0.2) is 0 Å². The summed E-state index contributed by atoms with van der Waals surface area (Å²) in [6.45, 7) is 0. The molecule has 0 aromatic carbocycles. The Kier molecular flexibility index (Phi) is 2.19. The minimum absolute atomic E-state index is 0.160. The molecule has 0 bridgehead atoms. The number of anilines is 1. The number of carbonyl (C=O) groups is 1. The molecule has 4 nitrogen and oxygen atoms in total. The smallest absolute Gasteiger partial charge is 0.257 e. The van der Waals surface area contributed by atoms with Gasteiger partial charge in [0.1, 0.15) is 0 Å². The van der Waals surface area contributed by atoms with Crippen LogP contribution in [0.25, 0.3) is 12.2 Å². The van der Waals surface area contributed by atoms with Gasteiger partial charge in [0, 0.05) is 12.4 Å². The van der Waals surface area contributed by atoms with Gasteiger partial charge >= 0.3 is 0 Å². The number of rotatable bonds is 0. The van der Waals surface area contributed by atoms with Crippen LogP contribution >= 0.6 is 0 Å². The van der Waals surface area contributed by atoms with Crippen LogP contribution < -0.4 is 5.32 Å². The van der Waals surface area contributed by atoms with Crippen LogP contribution in [0, 0.1) is 0 Å². The van der Waals surface area contributed by atoms with Crippen LogP contribution in [0.4, 0.5) is 5.69 Å². The third-order valence-corrected chi connectivity index (χ3v) is 2.57. The van der Waals surface area contributed by atoms with E-state index < -0.39 is 0 Å². The van der Waals surface area contributed by atoms with Gasteiger partial charge in [-0.3, -0.25) is 14.8 Å². The Hall–Kier alpha value is -2.49. The molecule has 1 aliphatic rings. The molecule has 0 aliphatic carbocycles. The standard InChI is InChI=1S/C13H9N3O/c17-13-9-3-1-7-14-10(9)5-6-11-12(16-13)4-2-8-15-11/h1-8H,(H,16,17). The molecular weight excluding hydrogens is 214 g/mol. The van der Waals surface area contributed by atoms with Crippen molar-refractivity contribution < 1.29 is 4.79 Å². The molecule has 0 unspecified atom stereocenters. The predicted octanol–water partition coefficient (Wildman–Crippen LogP) is 2.21. The van der Waals surface area contributed by atoms with Crippen LogP contribution in [0.2, 0.25) is 0 Å². The summed E-state index contributed by atoms with van der Waals surface area (Å²) < 4.78 is 0. The van der Waals surface area contributed by atoms with Crippen molar-refractivity contribution in [2.24, 2.45) is 0 Å². The van der Waals surface area contributed by atoms with Crippen molar-refractivity contribution in [3.8, 4) is 0 Å². The third-order valence-electron chi connectivity index (χ3n) is 2.57. The number of nitrogens with zero attached hydrogens (tertiary/aromatic N) is 2. The van der Waals surface area contributed by atoms with Crippen molar-refractivity contribution in [3.05, 3.63) is 53.6 Å². The van der Waals surface area contributed by atoms with E-state index in [2.05, 4.69) is 15.3 Å². The Bertz CT molecular complexity index is 620. The molecule has 0 saturated carbocycles. The molecule has 0 atom stereocenters. The normalized spacial score (nSPS) is 14.9. The lowest BCUT2D eigenvalue weighted by atomic mass is 10.1. The maximum Gasteiger partial charge on any atom is 0.257 e. The summed E-state index contributed by atoms with van der Waals surface area (Å²) in [5.41, 5.74) is 2.67. The van der Waals surface area contributed by atoms with E-state index >= 15 is 0 Å². The minimum Gasteiger partial charge on any atom is -0.320 e. The highest BCUT2D eigenvalue weighted by atomic mass is 16.1. The van der Waals surface area contributed by atoms with E-state index in [4.69, 9.17) is 0 Å². The van der Waals surface area contributed by atoms with Crippen LogP contribution in [0.1, 0.15) is 21.7 Å². The number of pyridine rings is 2. The molecule has 2 aromatic heterocycles. The summed E-state index contributed by atoms with van der Waals surface area (Å²) >= 11 is 0. The molecule has 82 valence electrons. The highest BCUT2D eigenvalue weighted by molar-refractivity contribution is 6.08. The fourth-order valence-corrected chi connectivity index (χ4v) is 1.75. The topological polar surface area (TPSA) is 54.9 Å². The fourth-order valence-electron chi connectivity index (χ4n) is 1.75. The molecule has 0 saturated heterocycles. The summed E-state index contributed by atoms with van der Waals surface area (Å²) in [5.74, 6) is -0.160. The number of hydrogen-bond acceptors (Lipinski definition) is 3. The van der Waals surface area contributed by atoms with Crippen LogP contribution in [0.5, 0.6) is 0 Å². The molecule has 2 aromatic rings. The fraction of sp³-hybridized carbons (Fsp3) is 0. The van der Waals surface area contributed by atoms with Crippen molar-refractivity contribution in [1.82, 2.24) is 9.97 Å². The second-order valence-corrected chi connectivity index (χ2v) is 3.66. The highest BCUT2D eigenvalue weighted by Crippen LogP contribution is 2.20. The molecule has 1 aliphatic heterocycles. The largest absolute Gasteiger partial charge is 0.320 e. The molecular formula is C13H9N3O.